The van der Waals surface area contributed by atoms with Crippen molar-refractivity contribution < 1.29 is 4.58 Å². The fourth-order valence-electron chi connectivity index (χ4n) is 5.22. The van der Waals surface area contributed by atoms with Crippen LogP contribution in [0.3, 0.4) is 0 Å². The maximum absolute atomic E-state index is 2.40. The molecule has 0 aliphatic heterocycles. The lowest BCUT2D eigenvalue weighted by molar-refractivity contribution is -0.554. The van der Waals surface area contributed by atoms with Gasteiger partial charge in [0.15, 0.2) is 19.3 Å². The fraction of sp³-hybridized carbons (Fsp3) is 0.270. The Kier molecular flexibility index (Phi) is 10.7. The van der Waals surface area contributed by atoms with Gasteiger partial charge in [0.25, 0.3) is 0 Å². The molecule has 4 aromatic rings. The van der Waals surface area contributed by atoms with Crippen LogP contribution in [0.15, 0.2) is 115 Å². The summed E-state index contributed by atoms with van der Waals surface area (Å²) in [5.74, 6) is 0. The lowest BCUT2D eigenvalue weighted by atomic mass is 9.97. The van der Waals surface area contributed by atoms with Crippen LogP contribution in [0.1, 0.15) is 49.9 Å². The highest BCUT2D eigenvalue weighted by molar-refractivity contribution is 5.90. The largest absolute Gasteiger partial charge is 0.372 e. The maximum atomic E-state index is 2.40. The Morgan fingerprint density at radius 1 is 0.525 bits per heavy atom. The summed E-state index contributed by atoms with van der Waals surface area (Å²) >= 11 is 0. The van der Waals surface area contributed by atoms with Crippen molar-refractivity contribution in [1.82, 2.24) is 0 Å². The first-order chi connectivity index (χ1) is 19.6. The highest BCUT2D eigenvalue weighted by Gasteiger charge is 2.11. The Balaban J connectivity index is 1.76. The molecule has 0 heterocycles. The van der Waals surface area contributed by atoms with Gasteiger partial charge < -0.3 is 9.80 Å². The van der Waals surface area contributed by atoms with E-state index in [1.54, 1.807) is 0 Å². The summed E-state index contributed by atoms with van der Waals surface area (Å²) in [6.07, 6.45) is 4.57. The molecule has 0 N–H and O–H groups in total. The highest BCUT2D eigenvalue weighted by atomic mass is 15.1. The first-order valence-corrected chi connectivity index (χ1v) is 14.7. The Hall–Kier alpha value is -4.11. The van der Waals surface area contributed by atoms with E-state index in [4.69, 9.17) is 0 Å². The standard InChI is InChI=1S/C37H44N3/c1-5-39(6-2)35-23-19-33(20-24-35)37(34-21-25-36(26-22-34)40(7-3)8-4)27-28-38(29-31-15-11-9-12-16-31)30-32-17-13-10-14-18-32/h9-28H,5-8,29-30H2,1-4H3/q+1. The molecular weight excluding hydrogens is 486 g/mol. The first kappa shape index (κ1) is 28.9. The molecule has 40 heavy (non-hydrogen) atoms. The third-order valence-corrected chi connectivity index (χ3v) is 7.52. The number of benzene rings is 4. The lowest BCUT2D eigenvalue weighted by Gasteiger charge is -2.22. The van der Waals surface area contributed by atoms with E-state index in [-0.39, 0.29) is 0 Å². The van der Waals surface area contributed by atoms with Gasteiger partial charge in [-0.25, -0.2) is 4.58 Å². The van der Waals surface area contributed by atoms with Gasteiger partial charge in [-0.15, -0.1) is 0 Å². The maximum Gasteiger partial charge on any atom is 0.168 e. The Labute approximate surface area is 241 Å². The molecule has 0 radical (unpaired) electrons. The molecule has 0 aliphatic rings. The molecule has 4 rings (SSSR count). The summed E-state index contributed by atoms with van der Waals surface area (Å²) in [4.78, 5) is 4.78. The van der Waals surface area contributed by atoms with Crippen molar-refractivity contribution in [2.75, 3.05) is 36.0 Å². The summed E-state index contributed by atoms with van der Waals surface area (Å²) < 4.78 is 2.40. The molecule has 206 valence electrons. The van der Waals surface area contributed by atoms with Crippen LogP contribution in [-0.2, 0) is 13.1 Å². The molecule has 0 amide bonds. The molecule has 0 unspecified atom stereocenters. The molecule has 0 saturated heterocycles. The molecule has 0 spiro atoms. The van der Waals surface area contributed by atoms with Gasteiger partial charge in [-0.1, -0.05) is 84.9 Å². The number of hydrogen-bond acceptors (Lipinski definition) is 2. The Morgan fingerprint density at radius 2 is 0.900 bits per heavy atom. The van der Waals surface area contributed by atoms with E-state index in [9.17, 15) is 0 Å². The van der Waals surface area contributed by atoms with Crippen molar-refractivity contribution in [3.63, 3.8) is 0 Å². The Morgan fingerprint density at radius 3 is 1.25 bits per heavy atom. The molecule has 3 nitrogen and oxygen atoms in total. The number of hydrogen-bond donors (Lipinski definition) is 0. The molecule has 0 bridgehead atoms. The number of anilines is 2. The average molecular weight is 531 g/mol. The van der Waals surface area contributed by atoms with Crippen molar-refractivity contribution in [3.05, 3.63) is 138 Å². The van der Waals surface area contributed by atoms with Crippen LogP contribution < -0.4 is 9.80 Å². The quantitative estimate of drug-likeness (QED) is 0.127. The van der Waals surface area contributed by atoms with Crippen molar-refractivity contribution >= 4 is 23.2 Å². The zero-order chi connectivity index (χ0) is 28.2. The van der Waals surface area contributed by atoms with Gasteiger partial charge in [0.2, 0.25) is 0 Å². The average Bonchev–Trinajstić information content (AvgIpc) is 3.01. The second kappa shape index (κ2) is 14.9. The van der Waals surface area contributed by atoms with Gasteiger partial charge in [-0.2, -0.15) is 0 Å². The van der Waals surface area contributed by atoms with Crippen molar-refractivity contribution in [2.45, 2.75) is 40.8 Å². The summed E-state index contributed by atoms with van der Waals surface area (Å²) in [7, 11) is 0. The zero-order valence-corrected chi connectivity index (χ0v) is 24.6. The summed E-state index contributed by atoms with van der Waals surface area (Å²) in [5.41, 5.74) is 8.81. The van der Waals surface area contributed by atoms with Crippen LogP contribution >= 0.6 is 0 Å². The molecule has 3 heteroatoms. The van der Waals surface area contributed by atoms with Crippen LogP contribution in [0, 0.1) is 0 Å². The predicted molar refractivity (Wildman–Crippen MR) is 174 cm³/mol. The van der Waals surface area contributed by atoms with Crippen LogP contribution in [0.4, 0.5) is 11.4 Å². The van der Waals surface area contributed by atoms with Crippen LogP contribution in [-0.4, -0.2) is 37.0 Å². The molecule has 0 atom stereocenters. The number of allylic oxidation sites excluding steroid dienone is 1. The molecular formula is C37H44N3+. The van der Waals surface area contributed by atoms with E-state index < -0.39 is 0 Å². The minimum atomic E-state index is 0.849. The second-order valence-electron chi connectivity index (χ2n) is 10.0. The summed E-state index contributed by atoms with van der Waals surface area (Å²) in [6.45, 7) is 14.6. The van der Waals surface area contributed by atoms with Gasteiger partial charge >= 0.3 is 0 Å². The lowest BCUT2D eigenvalue weighted by Crippen LogP contribution is -2.21. The van der Waals surface area contributed by atoms with E-state index in [0.717, 1.165) is 39.3 Å². The van der Waals surface area contributed by atoms with Crippen LogP contribution in [0.5, 0.6) is 0 Å². The van der Waals surface area contributed by atoms with Crippen LogP contribution in [0.25, 0.3) is 5.57 Å². The van der Waals surface area contributed by atoms with Gasteiger partial charge in [-0.3, -0.25) is 0 Å². The molecule has 4 aromatic carbocycles. The monoisotopic (exact) mass is 530 g/mol. The third kappa shape index (κ3) is 7.72. The SMILES string of the molecule is CCN(CC)c1ccc(C(=CC=[N+](Cc2ccccc2)Cc2ccccc2)c2ccc(N(CC)CC)cc2)cc1. The van der Waals surface area contributed by atoms with E-state index in [1.807, 2.05) is 0 Å². The third-order valence-electron chi connectivity index (χ3n) is 7.52. The van der Waals surface area contributed by atoms with E-state index in [2.05, 4.69) is 164 Å². The van der Waals surface area contributed by atoms with Gasteiger partial charge in [0, 0.05) is 54.8 Å². The number of nitrogens with zero attached hydrogens (tertiary/aromatic N) is 3. The summed E-state index contributed by atoms with van der Waals surface area (Å²) in [5, 5.41) is 0. The van der Waals surface area contributed by atoms with E-state index in [0.29, 0.717) is 0 Å². The number of rotatable bonds is 13. The van der Waals surface area contributed by atoms with Gasteiger partial charge in [-0.05, 0) is 68.7 Å². The fourth-order valence-corrected chi connectivity index (χ4v) is 5.22. The van der Waals surface area contributed by atoms with E-state index in [1.165, 1.54) is 39.2 Å². The van der Waals surface area contributed by atoms with Gasteiger partial charge in [0.1, 0.15) is 0 Å². The normalized spacial score (nSPS) is 10.6. The molecule has 0 aromatic heterocycles. The predicted octanol–water partition coefficient (Wildman–Crippen LogP) is 8.29. The van der Waals surface area contributed by atoms with E-state index >= 15 is 0 Å². The minimum absolute atomic E-state index is 0.849. The van der Waals surface area contributed by atoms with Crippen LogP contribution in [0.2, 0.25) is 0 Å². The summed E-state index contributed by atoms with van der Waals surface area (Å²) in [6, 6.07) is 39.5. The molecule has 0 saturated carbocycles. The minimum Gasteiger partial charge on any atom is -0.372 e. The molecule has 0 aliphatic carbocycles. The topological polar surface area (TPSA) is 9.49 Å². The second-order valence-corrected chi connectivity index (χ2v) is 10.0. The highest BCUT2D eigenvalue weighted by Crippen LogP contribution is 2.27. The first-order valence-electron chi connectivity index (χ1n) is 14.7. The van der Waals surface area contributed by atoms with Gasteiger partial charge in [0.05, 0.1) is 0 Å². The smallest absolute Gasteiger partial charge is 0.168 e. The van der Waals surface area contributed by atoms with Crippen molar-refractivity contribution in [2.24, 2.45) is 0 Å². The molecule has 0 fully saturated rings. The Bertz CT molecular complexity index is 1250. The van der Waals surface area contributed by atoms with Crippen molar-refractivity contribution in [1.29, 1.82) is 0 Å². The zero-order valence-electron chi connectivity index (χ0n) is 24.6. The van der Waals surface area contributed by atoms with Crippen molar-refractivity contribution in [3.8, 4) is 0 Å².